The van der Waals surface area contributed by atoms with Crippen LogP contribution in [0.5, 0.6) is 0 Å². The largest absolute Gasteiger partial charge is 0.391 e. The van der Waals surface area contributed by atoms with Crippen LogP contribution in [0.2, 0.25) is 0 Å². The van der Waals surface area contributed by atoms with E-state index in [9.17, 15) is 18.0 Å². The molecule has 0 radical (unpaired) electrons. The molecule has 6 heteroatoms. The summed E-state index contributed by atoms with van der Waals surface area (Å²) in [5.41, 5.74) is 0. The third-order valence-corrected chi connectivity index (χ3v) is 2.12. The van der Waals surface area contributed by atoms with E-state index in [-0.39, 0.29) is 12.2 Å². The van der Waals surface area contributed by atoms with E-state index in [0.717, 1.165) is 0 Å². The Morgan fingerprint density at radius 1 is 1.40 bits per heavy atom. The highest BCUT2D eigenvalue weighted by molar-refractivity contribution is 5.90. The fourth-order valence-corrected chi connectivity index (χ4v) is 1.32. The molecule has 0 aromatic rings. The average molecular weight is 226 g/mol. The standard InChI is InChI=1S/C9H13F3O3/c1-2-14-8-6(13)5-7(8)15-4-3-9(10,11)12/h7-8H,2-5H2,1H3. The van der Waals surface area contributed by atoms with Crippen LogP contribution in [0.4, 0.5) is 13.2 Å². The monoisotopic (exact) mass is 226 g/mol. The zero-order chi connectivity index (χ0) is 11.5. The SMILES string of the molecule is CCOC1C(=O)CC1OCCC(F)(F)F. The molecule has 0 bridgehead atoms. The van der Waals surface area contributed by atoms with E-state index in [1.54, 1.807) is 6.92 Å². The molecular formula is C9H13F3O3. The van der Waals surface area contributed by atoms with E-state index in [2.05, 4.69) is 0 Å². The molecule has 0 aromatic carbocycles. The molecule has 3 nitrogen and oxygen atoms in total. The summed E-state index contributed by atoms with van der Waals surface area (Å²) >= 11 is 0. The summed E-state index contributed by atoms with van der Waals surface area (Å²) in [5.74, 6) is -0.103. The summed E-state index contributed by atoms with van der Waals surface area (Å²) < 4.78 is 45.3. The van der Waals surface area contributed by atoms with Crippen LogP contribution in [0.3, 0.4) is 0 Å². The van der Waals surface area contributed by atoms with Crippen molar-refractivity contribution in [3.63, 3.8) is 0 Å². The lowest BCUT2D eigenvalue weighted by molar-refractivity contribution is -0.177. The molecule has 1 aliphatic carbocycles. The van der Waals surface area contributed by atoms with Crippen LogP contribution in [0.15, 0.2) is 0 Å². The maximum Gasteiger partial charge on any atom is 0.391 e. The van der Waals surface area contributed by atoms with Gasteiger partial charge in [-0.3, -0.25) is 4.79 Å². The summed E-state index contributed by atoms with van der Waals surface area (Å²) in [6.45, 7) is 1.67. The molecule has 0 aliphatic heterocycles. The first-order chi connectivity index (χ1) is 6.94. The topological polar surface area (TPSA) is 35.5 Å². The summed E-state index contributed by atoms with van der Waals surface area (Å²) in [6, 6.07) is 0. The molecule has 0 spiro atoms. The molecule has 0 saturated heterocycles. The number of alkyl halides is 3. The van der Waals surface area contributed by atoms with Crippen molar-refractivity contribution in [1.29, 1.82) is 0 Å². The Morgan fingerprint density at radius 2 is 2.07 bits per heavy atom. The lowest BCUT2D eigenvalue weighted by atomic mass is 9.90. The van der Waals surface area contributed by atoms with Crippen molar-refractivity contribution in [1.82, 2.24) is 0 Å². The van der Waals surface area contributed by atoms with Gasteiger partial charge in [-0.15, -0.1) is 0 Å². The Hall–Kier alpha value is -0.620. The molecule has 2 atom stereocenters. The van der Waals surface area contributed by atoms with E-state index in [0.29, 0.717) is 6.61 Å². The number of ketones is 1. The average Bonchev–Trinajstić information content (AvgIpc) is 2.11. The van der Waals surface area contributed by atoms with Gasteiger partial charge in [0.1, 0.15) is 6.10 Å². The molecule has 15 heavy (non-hydrogen) atoms. The van der Waals surface area contributed by atoms with Gasteiger partial charge in [-0.2, -0.15) is 13.2 Å². The maximum absolute atomic E-state index is 11.8. The van der Waals surface area contributed by atoms with Crippen molar-refractivity contribution in [3.8, 4) is 0 Å². The molecule has 1 fully saturated rings. The van der Waals surface area contributed by atoms with Crippen LogP contribution in [-0.2, 0) is 14.3 Å². The zero-order valence-corrected chi connectivity index (χ0v) is 8.34. The second-order valence-electron chi connectivity index (χ2n) is 3.32. The van der Waals surface area contributed by atoms with Gasteiger partial charge in [-0.25, -0.2) is 0 Å². The molecule has 1 saturated carbocycles. The fraction of sp³-hybridized carbons (Fsp3) is 0.889. The molecule has 0 heterocycles. The van der Waals surface area contributed by atoms with Crippen molar-refractivity contribution >= 4 is 5.78 Å². The summed E-state index contributed by atoms with van der Waals surface area (Å²) in [4.78, 5) is 11.0. The number of halogens is 3. The van der Waals surface area contributed by atoms with Crippen LogP contribution in [0.1, 0.15) is 19.8 Å². The minimum Gasteiger partial charge on any atom is -0.374 e. The molecule has 1 aliphatic rings. The first-order valence-electron chi connectivity index (χ1n) is 4.76. The maximum atomic E-state index is 11.8. The van der Waals surface area contributed by atoms with Crippen LogP contribution in [0, 0.1) is 0 Å². The molecule has 0 amide bonds. The Kier molecular flexibility index (Phi) is 4.10. The predicted molar refractivity (Wildman–Crippen MR) is 45.5 cm³/mol. The fourth-order valence-electron chi connectivity index (χ4n) is 1.32. The quantitative estimate of drug-likeness (QED) is 0.715. The van der Waals surface area contributed by atoms with E-state index in [4.69, 9.17) is 9.47 Å². The van der Waals surface area contributed by atoms with Gasteiger partial charge in [0.2, 0.25) is 0 Å². The number of carbonyl (C=O) groups excluding carboxylic acids is 1. The van der Waals surface area contributed by atoms with Gasteiger partial charge >= 0.3 is 6.18 Å². The minimum absolute atomic E-state index is 0.103. The van der Waals surface area contributed by atoms with Crippen molar-refractivity contribution in [2.45, 2.75) is 38.1 Å². The van der Waals surface area contributed by atoms with Gasteiger partial charge in [0.05, 0.1) is 19.1 Å². The van der Waals surface area contributed by atoms with Gasteiger partial charge in [0.15, 0.2) is 5.78 Å². The van der Waals surface area contributed by atoms with Gasteiger partial charge in [0, 0.05) is 13.0 Å². The minimum atomic E-state index is -4.21. The van der Waals surface area contributed by atoms with E-state index in [1.807, 2.05) is 0 Å². The number of hydrogen-bond donors (Lipinski definition) is 0. The van der Waals surface area contributed by atoms with E-state index < -0.39 is 31.4 Å². The second kappa shape index (κ2) is 4.94. The van der Waals surface area contributed by atoms with Crippen molar-refractivity contribution in [2.75, 3.05) is 13.2 Å². The number of carbonyl (C=O) groups is 1. The zero-order valence-electron chi connectivity index (χ0n) is 8.34. The smallest absolute Gasteiger partial charge is 0.374 e. The van der Waals surface area contributed by atoms with Crippen LogP contribution < -0.4 is 0 Å². The predicted octanol–water partition coefficient (Wildman–Crippen LogP) is 1.70. The van der Waals surface area contributed by atoms with Gasteiger partial charge < -0.3 is 9.47 Å². The molecule has 1 rings (SSSR count). The Bertz CT molecular complexity index is 227. The summed E-state index contributed by atoms with van der Waals surface area (Å²) in [7, 11) is 0. The van der Waals surface area contributed by atoms with Crippen LogP contribution in [0.25, 0.3) is 0 Å². The van der Waals surface area contributed by atoms with Crippen molar-refractivity contribution < 1.29 is 27.4 Å². The van der Waals surface area contributed by atoms with Gasteiger partial charge in [0.25, 0.3) is 0 Å². The first kappa shape index (κ1) is 12.4. The van der Waals surface area contributed by atoms with Gasteiger partial charge in [-0.1, -0.05) is 0 Å². The van der Waals surface area contributed by atoms with Crippen LogP contribution >= 0.6 is 0 Å². The number of rotatable bonds is 5. The molecule has 0 aromatic heterocycles. The summed E-state index contributed by atoms with van der Waals surface area (Å²) in [6.07, 6.45) is -6.21. The van der Waals surface area contributed by atoms with E-state index in [1.165, 1.54) is 0 Å². The Morgan fingerprint density at radius 3 is 2.53 bits per heavy atom. The van der Waals surface area contributed by atoms with E-state index >= 15 is 0 Å². The molecular weight excluding hydrogens is 213 g/mol. The molecule has 0 N–H and O–H groups in total. The third kappa shape index (κ3) is 3.79. The van der Waals surface area contributed by atoms with Crippen molar-refractivity contribution in [3.05, 3.63) is 0 Å². The first-order valence-corrected chi connectivity index (χ1v) is 4.76. The Labute approximate surface area is 85.5 Å². The number of Topliss-reactive ketones (excluding diaryl/α,β-unsaturated/α-hetero) is 1. The lowest BCUT2D eigenvalue weighted by Gasteiger charge is -2.34. The number of hydrogen-bond acceptors (Lipinski definition) is 3. The van der Waals surface area contributed by atoms with Gasteiger partial charge in [-0.05, 0) is 6.92 Å². The summed E-state index contributed by atoms with van der Waals surface area (Å²) in [5, 5.41) is 0. The molecule has 88 valence electrons. The van der Waals surface area contributed by atoms with Crippen LogP contribution in [-0.4, -0.2) is 37.4 Å². The third-order valence-electron chi connectivity index (χ3n) is 2.12. The highest BCUT2D eigenvalue weighted by atomic mass is 19.4. The lowest BCUT2D eigenvalue weighted by Crippen LogP contribution is -2.50. The molecule has 2 unspecified atom stereocenters. The Balaban J connectivity index is 2.20. The second-order valence-corrected chi connectivity index (χ2v) is 3.32. The highest BCUT2D eigenvalue weighted by Crippen LogP contribution is 2.25. The highest BCUT2D eigenvalue weighted by Gasteiger charge is 2.41. The normalized spacial score (nSPS) is 26.5. The van der Waals surface area contributed by atoms with Crippen molar-refractivity contribution in [2.24, 2.45) is 0 Å². The number of ether oxygens (including phenoxy) is 2.